The van der Waals surface area contributed by atoms with Gasteiger partial charge < -0.3 is 5.32 Å². The molecule has 5 heteroatoms. The lowest BCUT2D eigenvalue weighted by molar-refractivity contribution is -0.120. The van der Waals surface area contributed by atoms with Crippen molar-refractivity contribution in [1.29, 1.82) is 0 Å². The standard InChI is InChI=1S/C15H20N4O/c1-11(2)10-14(19-16-8-9-17-19)15(20)18-13-6-4-12(3)5-7-13/h4-9,11,14H,10H2,1-3H3,(H,18,20). The number of aromatic nitrogens is 3. The summed E-state index contributed by atoms with van der Waals surface area (Å²) in [4.78, 5) is 13.9. The van der Waals surface area contributed by atoms with Crippen molar-refractivity contribution in [3.8, 4) is 0 Å². The van der Waals surface area contributed by atoms with Gasteiger partial charge in [0.1, 0.15) is 0 Å². The van der Waals surface area contributed by atoms with Crippen molar-refractivity contribution in [2.45, 2.75) is 33.2 Å². The van der Waals surface area contributed by atoms with Crippen molar-refractivity contribution in [3.05, 3.63) is 42.2 Å². The van der Waals surface area contributed by atoms with Crippen LogP contribution in [0.2, 0.25) is 0 Å². The van der Waals surface area contributed by atoms with Crippen LogP contribution in [0.4, 0.5) is 5.69 Å². The first-order valence-corrected chi connectivity index (χ1v) is 6.79. The molecule has 1 aromatic heterocycles. The van der Waals surface area contributed by atoms with E-state index in [2.05, 4.69) is 29.4 Å². The zero-order valence-electron chi connectivity index (χ0n) is 12.1. The Morgan fingerprint density at radius 2 is 1.80 bits per heavy atom. The summed E-state index contributed by atoms with van der Waals surface area (Å²) in [5.74, 6) is 0.300. The number of amides is 1. The number of benzene rings is 1. The number of anilines is 1. The number of carbonyl (C=O) groups is 1. The zero-order valence-corrected chi connectivity index (χ0v) is 12.1. The highest BCUT2D eigenvalue weighted by Gasteiger charge is 2.23. The Balaban J connectivity index is 2.12. The topological polar surface area (TPSA) is 59.8 Å². The molecule has 1 amide bonds. The lowest BCUT2D eigenvalue weighted by atomic mass is 10.0. The fraction of sp³-hybridized carbons (Fsp3) is 0.400. The third-order valence-corrected chi connectivity index (χ3v) is 3.03. The van der Waals surface area contributed by atoms with Gasteiger partial charge in [-0.1, -0.05) is 31.5 Å². The molecule has 2 rings (SSSR count). The van der Waals surface area contributed by atoms with Gasteiger partial charge in [0.05, 0.1) is 12.4 Å². The Morgan fingerprint density at radius 1 is 1.20 bits per heavy atom. The molecule has 106 valence electrons. The maximum Gasteiger partial charge on any atom is 0.251 e. The summed E-state index contributed by atoms with van der Waals surface area (Å²) >= 11 is 0. The molecular formula is C15H20N4O. The maximum absolute atomic E-state index is 12.4. The quantitative estimate of drug-likeness (QED) is 0.910. The molecule has 0 saturated carbocycles. The minimum absolute atomic E-state index is 0.0845. The highest BCUT2D eigenvalue weighted by atomic mass is 16.2. The Bertz CT molecular complexity index is 546. The molecule has 0 saturated heterocycles. The van der Waals surface area contributed by atoms with Gasteiger partial charge in [-0.2, -0.15) is 15.0 Å². The number of hydrogen-bond donors (Lipinski definition) is 1. The second-order valence-corrected chi connectivity index (χ2v) is 5.35. The highest BCUT2D eigenvalue weighted by Crippen LogP contribution is 2.18. The second-order valence-electron chi connectivity index (χ2n) is 5.35. The second kappa shape index (κ2) is 6.32. The first-order valence-electron chi connectivity index (χ1n) is 6.79. The molecule has 0 radical (unpaired) electrons. The van der Waals surface area contributed by atoms with Crippen LogP contribution < -0.4 is 5.32 Å². The van der Waals surface area contributed by atoms with Crippen LogP contribution in [0.15, 0.2) is 36.7 Å². The normalized spacial score (nSPS) is 12.4. The van der Waals surface area contributed by atoms with E-state index in [1.807, 2.05) is 31.2 Å². The molecule has 20 heavy (non-hydrogen) atoms. The minimum Gasteiger partial charge on any atom is -0.324 e. The molecule has 0 aliphatic rings. The molecule has 1 aromatic carbocycles. The molecule has 0 spiro atoms. The van der Waals surface area contributed by atoms with Crippen LogP contribution in [0.1, 0.15) is 31.9 Å². The highest BCUT2D eigenvalue weighted by molar-refractivity contribution is 5.93. The van der Waals surface area contributed by atoms with E-state index in [-0.39, 0.29) is 11.9 Å². The van der Waals surface area contributed by atoms with E-state index in [9.17, 15) is 4.79 Å². The van der Waals surface area contributed by atoms with E-state index in [4.69, 9.17) is 0 Å². The average Bonchev–Trinajstić information content (AvgIpc) is 2.92. The Hall–Kier alpha value is -2.17. The van der Waals surface area contributed by atoms with Crippen molar-refractivity contribution in [3.63, 3.8) is 0 Å². The van der Waals surface area contributed by atoms with Gasteiger partial charge in [-0.15, -0.1) is 0 Å². The summed E-state index contributed by atoms with van der Waals surface area (Å²) in [6, 6.07) is 7.36. The lowest BCUT2D eigenvalue weighted by Gasteiger charge is -2.18. The molecule has 0 aliphatic heterocycles. The monoisotopic (exact) mass is 272 g/mol. The van der Waals surface area contributed by atoms with Gasteiger partial charge >= 0.3 is 0 Å². The van der Waals surface area contributed by atoms with Crippen molar-refractivity contribution in [1.82, 2.24) is 15.0 Å². The number of aryl methyl sites for hydroxylation is 1. The molecule has 1 atom stereocenters. The summed E-state index contributed by atoms with van der Waals surface area (Å²) in [6.45, 7) is 6.17. The van der Waals surface area contributed by atoms with Gasteiger partial charge in [0.2, 0.25) is 0 Å². The average molecular weight is 272 g/mol. The van der Waals surface area contributed by atoms with Gasteiger partial charge in [0.15, 0.2) is 6.04 Å². The van der Waals surface area contributed by atoms with E-state index in [0.29, 0.717) is 12.3 Å². The van der Waals surface area contributed by atoms with Gasteiger partial charge in [0, 0.05) is 5.69 Å². The van der Waals surface area contributed by atoms with Crippen LogP contribution in [0, 0.1) is 12.8 Å². The summed E-state index contributed by atoms with van der Waals surface area (Å²) in [5, 5.41) is 11.1. The number of rotatable bonds is 5. The first kappa shape index (κ1) is 14.2. The number of hydrogen-bond acceptors (Lipinski definition) is 3. The van der Waals surface area contributed by atoms with Gasteiger partial charge in [0.25, 0.3) is 5.91 Å². The predicted octanol–water partition coefficient (Wildman–Crippen LogP) is 2.81. The van der Waals surface area contributed by atoms with Crippen molar-refractivity contribution >= 4 is 11.6 Å². The Kier molecular flexibility index (Phi) is 4.50. The summed E-state index contributed by atoms with van der Waals surface area (Å²) in [5.41, 5.74) is 1.96. The summed E-state index contributed by atoms with van der Waals surface area (Å²) < 4.78 is 0. The molecular weight excluding hydrogens is 252 g/mol. The van der Waals surface area contributed by atoms with E-state index >= 15 is 0 Å². The van der Waals surface area contributed by atoms with Crippen molar-refractivity contribution < 1.29 is 4.79 Å². The van der Waals surface area contributed by atoms with Crippen LogP contribution in [-0.2, 0) is 4.79 Å². The summed E-state index contributed by atoms with van der Waals surface area (Å²) in [6.07, 6.45) is 3.88. The van der Waals surface area contributed by atoms with Crippen LogP contribution in [0.25, 0.3) is 0 Å². The molecule has 0 bridgehead atoms. The molecule has 1 heterocycles. The predicted molar refractivity (Wildman–Crippen MR) is 78.3 cm³/mol. The van der Waals surface area contributed by atoms with Crippen LogP contribution in [0.5, 0.6) is 0 Å². The third kappa shape index (κ3) is 3.66. The van der Waals surface area contributed by atoms with Crippen LogP contribution >= 0.6 is 0 Å². The van der Waals surface area contributed by atoms with Crippen molar-refractivity contribution in [2.75, 3.05) is 5.32 Å². The van der Waals surface area contributed by atoms with E-state index in [1.54, 1.807) is 12.4 Å². The Labute approximate surface area is 119 Å². The minimum atomic E-state index is -0.383. The fourth-order valence-electron chi connectivity index (χ4n) is 2.00. The third-order valence-electron chi connectivity index (χ3n) is 3.03. The molecule has 5 nitrogen and oxygen atoms in total. The maximum atomic E-state index is 12.4. The van der Waals surface area contributed by atoms with E-state index in [0.717, 1.165) is 11.3 Å². The molecule has 1 unspecified atom stereocenters. The van der Waals surface area contributed by atoms with Gasteiger partial charge in [-0.05, 0) is 31.4 Å². The molecule has 2 aromatic rings. The van der Waals surface area contributed by atoms with Crippen LogP contribution in [0.3, 0.4) is 0 Å². The Morgan fingerprint density at radius 3 is 2.35 bits per heavy atom. The molecule has 0 fully saturated rings. The SMILES string of the molecule is Cc1ccc(NC(=O)C(CC(C)C)n2nccn2)cc1. The van der Waals surface area contributed by atoms with Gasteiger partial charge in [-0.25, -0.2) is 0 Å². The number of carbonyl (C=O) groups excluding carboxylic acids is 1. The fourth-order valence-corrected chi connectivity index (χ4v) is 2.00. The number of nitrogens with zero attached hydrogens (tertiary/aromatic N) is 3. The van der Waals surface area contributed by atoms with E-state index in [1.165, 1.54) is 4.80 Å². The molecule has 0 aliphatic carbocycles. The first-order chi connectivity index (χ1) is 9.56. The smallest absolute Gasteiger partial charge is 0.251 e. The lowest BCUT2D eigenvalue weighted by Crippen LogP contribution is -2.28. The van der Waals surface area contributed by atoms with Crippen LogP contribution in [-0.4, -0.2) is 20.9 Å². The zero-order chi connectivity index (χ0) is 14.5. The number of nitrogens with one attached hydrogen (secondary N) is 1. The summed E-state index contributed by atoms with van der Waals surface area (Å²) in [7, 11) is 0. The van der Waals surface area contributed by atoms with Crippen molar-refractivity contribution in [2.24, 2.45) is 5.92 Å². The van der Waals surface area contributed by atoms with E-state index < -0.39 is 0 Å². The largest absolute Gasteiger partial charge is 0.324 e. The van der Waals surface area contributed by atoms with Gasteiger partial charge in [-0.3, -0.25) is 4.79 Å². The molecule has 1 N–H and O–H groups in total.